The van der Waals surface area contributed by atoms with E-state index in [4.69, 9.17) is 4.74 Å². The van der Waals surface area contributed by atoms with Crippen molar-refractivity contribution < 1.29 is 9.53 Å². The van der Waals surface area contributed by atoms with E-state index in [0.717, 1.165) is 70.2 Å². The fraction of sp³-hybridized carbons (Fsp3) is 0.435. The molecule has 0 spiro atoms. The molecule has 2 aromatic heterocycles. The lowest BCUT2D eigenvalue weighted by atomic mass is 10.00. The highest BCUT2D eigenvalue weighted by Crippen LogP contribution is 2.36. The fourth-order valence-electron chi connectivity index (χ4n) is 4.33. The Balaban J connectivity index is 1.74. The average Bonchev–Trinajstić information content (AvgIpc) is 2.89. The number of likely N-dealkylation sites (tertiary alicyclic amines) is 1. The number of carbonyl (C=O) groups is 1. The lowest BCUT2D eigenvalue weighted by molar-refractivity contribution is 0.0685. The van der Waals surface area contributed by atoms with Crippen LogP contribution in [-0.4, -0.2) is 34.4 Å². The molecular formula is C23H27N3O2S. The number of amides is 1. The van der Waals surface area contributed by atoms with Gasteiger partial charge in [-0.3, -0.25) is 4.79 Å². The van der Waals surface area contributed by atoms with E-state index in [1.54, 1.807) is 7.11 Å². The average molecular weight is 410 g/mol. The molecule has 3 heterocycles. The maximum atomic E-state index is 13.7. The minimum Gasteiger partial charge on any atom is -0.497 e. The van der Waals surface area contributed by atoms with Crippen LogP contribution in [0.1, 0.15) is 64.0 Å². The smallest absolute Gasteiger partial charge is 0.264 e. The first-order chi connectivity index (χ1) is 14.0. The summed E-state index contributed by atoms with van der Waals surface area (Å²) in [6.07, 6.45) is 4.32. The molecule has 1 amide bonds. The summed E-state index contributed by atoms with van der Waals surface area (Å²) in [4.78, 5) is 26.6. The third-order valence-corrected chi connectivity index (χ3v) is 6.97. The van der Waals surface area contributed by atoms with Gasteiger partial charge in [0.25, 0.3) is 5.91 Å². The maximum absolute atomic E-state index is 13.7. The van der Waals surface area contributed by atoms with Crippen LogP contribution in [0.2, 0.25) is 0 Å². The lowest BCUT2D eigenvalue weighted by Gasteiger charge is -2.30. The quantitative estimate of drug-likeness (QED) is 0.582. The minimum absolute atomic E-state index is 0.0921. The second-order valence-corrected chi connectivity index (χ2v) is 8.73. The van der Waals surface area contributed by atoms with Crippen molar-refractivity contribution in [1.29, 1.82) is 0 Å². The Labute approximate surface area is 175 Å². The lowest BCUT2D eigenvalue weighted by Crippen LogP contribution is -2.34. The molecule has 6 heteroatoms. The number of aryl methyl sites for hydroxylation is 3. The molecule has 0 N–H and O–H groups in total. The first kappa shape index (κ1) is 19.8. The van der Waals surface area contributed by atoms with Crippen LogP contribution >= 0.6 is 11.3 Å². The Kier molecular flexibility index (Phi) is 5.54. The van der Waals surface area contributed by atoms with Crippen molar-refractivity contribution in [3.05, 3.63) is 51.8 Å². The molecule has 0 radical (unpaired) electrons. The molecule has 1 aliphatic heterocycles. The summed E-state index contributed by atoms with van der Waals surface area (Å²) in [6, 6.07) is 8.23. The van der Waals surface area contributed by atoms with Crippen molar-refractivity contribution in [2.24, 2.45) is 0 Å². The van der Waals surface area contributed by atoms with Gasteiger partial charge in [0, 0.05) is 17.6 Å². The summed E-state index contributed by atoms with van der Waals surface area (Å²) < 4.78 is 5.30. The minimum atomic E-state index is 0.0921. The Morgan fingerprint density at radius 3 is 2.59 bits per heavy atom. The number of hydrogen-bond donors (Lipinski definition) is 0. The Morgan fingerprint density at radius 1 is 1.10 bits per heavy atom. The summed E-state index contributed by atoms with van der Waals surface area (Å²) in [6.45, 7) is 6.71. The van der Waals surface area contributed by atoms with Crippen LogP contribution < -0.4 is 4.74 Å². The first-order valence-electron chi connectivity index (χ1n) is 10.2. The number of benzene rings is 1. The van der Waals surface area contributed by atoms with E-state index in [9.17, 15) is 4.79 Å². The van der Waals surface area contributed by atoms with Crippen LogP contribution in [0, 0.1) is 20.8 Å². The van der Waals surface area contributed by atoms with Gasteiger partial charge in [0.05, 0.1) is 18.0 Å². The largest absolute Gasteiger partial charge is 0.497 e. The van der Waals surface area contributed by atoms with Gasteiger partial charge in [0.15, 0.2) is 0 Å². The van der Waals surface area contributed by atoms with Gasteiger partial charge in [-0.2, -0.15) is 0 Å². The number of nitrogens with zero attached hydrogens (tertiary/aromatic N) is 3. The number of methoxy groups -OCH3 is 1. The molecule has 29 heavy (non-hydrogen) atoms. The molecule has 152 valence electrons. The second-order valence-electron chi connectivity index (χ2n) is 7.73. The SMILES string of the molecule is COc1ccc([C@H]2CCCCCN2C(=O)c2sc3nc(C)nc(C)c3c2C)cc1. The molecule has 0 aliphatic carbocycles. The van der Waals surface area contributed by atoms with Crippen molar-refractivity contribution in [3.8, 4) is 5.75 Å². The number of carbonyl (C=O) groups excluding carboxylic acids is 1. The topological polar surface area (TPSA) is 55.3 Å². The highest BCUT2D eigenvalue weighted by Gasteiger charge is 2.30. The van der Waals surface area contributed by atoms with Gasteiger partial charge in [0.1, 0.15) is 16.4 Å². The molecule has 1 aliphatic rings. The van der Waals surface area contributed by atoms with Crippen molar-refractivity contribution in [2.75, 3.05) is 13.7 Å². The predicted octanol–water partition coefficient (Wildman–Crippen LogP) is 5.38. The number of hydrogen-bond acceptors (Lipinski definition) is 5. The first-order valence-corrected chi connectivity index (χ1v) is 11.0. The van der Waals surface area contributed by atoms with Crippen molar-refractivity contribution in [1.82, 2.24) is 14.9 Å². The number of rotatable bonds is 3. The van der Waals surface area contributed by atoms with Crippen LogP contribution in [0.5, 0.6) is 5.75 Å². The van der Waals surface area contributed by atoms with Gasteiger partial charge < -0.3 is 9.64 Å². The van der Waals surface area contributed by atoms with Gasteiger partial charge in [-0.05, 0) is 56.9 Å². The number of fused-ring (bicyclic) bond motifs is 1. The number of aromatic nitrogens is 2. The van der Waals surface area contributed by atoms with Crippen LogP contribution in [0.25, 0.3) is 10.2 Å². The molecular weight excluding hydrogens is 382 g/mol. The van der Waals surface area contributed by atoms with E-state index in [2.05, 4.69) is 27.0 Å². The standard InChI is InChI=1S/C23H27N3O2S/c1-14-20-15(2)24-16(3)25-22(20)29-21(14)23(27)26-13-7-5-6-8-19(26)17-9-11-18(28-4)12-10-17/h9-12,19H,5-8,13H2,1-4H3/t19-/m1/s1. The van der Waals surface area contributed by atoms with Crippen LogP contribution in [0.4, 0.5) is 0 Å². The number of thiophene rings is 1. The molecule has 1 fully saturated rings. The molecule has 4 rings (SSSR count). The van der Waals surface area contributed by atoms with Gasteiger partial charge in [-0.15, -0.1) is 11.3 Å². The zero-order chi connectivity index (χ0) is 20.5. The summed E-state index contributed by atoms with van der Waals surface area (Å²) in [5.74, 6) is 1.71. The molecule has 1 atom stereocenters. The fourth-order valence-corrected chi connectivity index (χ4v) is 5.57. The van der Waals surface area contributed by atoms with E-state index in [-0.39, 0.29) is 11.9 Å². The molecule has 0 unspecified atom stereocenters. The molecule has 1 saturated heterocycles. The van der Waals surface area contributed by atoms with Crippen molar-refractivity contribution in [3.63, 3.8) is 0 Å². The van der Waals surface area contributed by atoms with Crippen LogP contribution in [0.3, 0.4) is 0 Å². The van der Waals surface area contributed by atoms with E-state index < -0.39 is 0 Å². The monoisotopic (exact) mass is 409 g/mol. The summed E-state index contributed by atoms with van der Waals surface area (Å²) in [5.41, 5.74) is 3.12. The zero-order valence-corrected chi connectivity index (χ0v) is 18.3. The van der Waals surface area contributed by atoms with Crippen molar-refractivity contribution in [2.45, 2.75) is 52.5 Å². The highest BCUT2D eigenvalue weighted by atomic mass is 32.1. The van der Waals surface area contributed by atoms with Gasteiger partial charge in [-0.1, -0.05) is 25.0 Å². The Morgan fingerprint density at radius 2 is 1.86 bits per heavy atom. The maximum Gasteiger partial charge on any atom is 0.264 e. The molecule has 1 aromatic carbocycles. The van der Waals surface area contributed by atoms with Gasteiger partial charge in [0.2, 0.25) is 0 Å². The van der Waals surface area contributed by atoms with Gasteiger partial charge in [-0.25, -0.2) is 9.97 Å². The van der Waals surface area contributed by atoms with Crippen LogP contribution in [0.15, 0.2) is 24.3 Å². The van der Waals surface area contributed by atoms with E-state index in [1.807, 2.05) is 32.9 Å². The molecule has 3 aromatic rings. The summed E-state index contributed by atoms with van der Waals surface area (Å²) >= 11 is 1.50. The number of ether oxygens (including phenoxy) is 1. The predicted molar refractivity (Wildman–Crippen MR) is 117 cm³/mol. The Hall–Kier alpha value is -2.47. The van der Waals surface area contributed by atoms with E-state index in [0.29, 0.717) is 0 Å². The van der Waals surface area contributed by atoms with E-state index >= 15 is 0 Å². The Bertz CT molecular complexity index is 1040. The molecule has 0 bridgehead atoms. The van der Waals surface area contributed by atoms with Gasteiger partial charge >= 0.3 is 0 Å². The van der Waals surface area contributed by atoms with E-state index in [1.165, 1.54) is 16.9 Å². The van der Waals surface area contributed by atoms with Crippen LogP contribution in [-0.2, 0) is 0 Å². The summed E-state index contributed by atoms with van der Waals surface area (Å²) in [7, 11) is 1.67. The summed E-state index contributed by atoms with van der Waals surface area (Å²) in [5, 5.41) is 1.03. The second kappa shape index (κ2) is 8.11. The molecule has 0 saturated carbocycles. The normalized spacial score (nSPS) is 17.4. The highest BCUT2D eigenvalue weighted by molar-refractivity contribution is 7.20. The third-order valence-electron chi connectivity index (χ3n) is 5.79. The van der Waals surface area contributed by atoms with Crippen molar-refractivity contribution >= 4 is 27.5 Å². The molecule has 5 nitrogen and oxygen atoms in total. The third kappa shape index (κ3) is 3.73. The zero-order valence-electron chi connectivity index (χ0n) is 17.5.